The van der Waals surface area contributed by atoms with Crippen LogP contribution in [0.2, 0.25) is 0 Å². The molecule has 0 nitrogen and oxygen atoms in total. The summed E-state index contributed by atoms with van der Waals surface area (Å²) >= 11 is 0. The van der Waals surface area contributed by atoms with Gasteiger partial charge in [-0.25, -0.2) is 0 Å². The first-order chi connectivity index (χ1) is 13.4. The first-order valence-electron chi connectivity index (χ1n) is 9.54. The molecule has 4 aromatic carbocycles. The van der Waals surface area contributed by atoms with E-state index in [1.807, 2.05) is 0 Å². The van der Waals surface area contributed by atoms with Gasteiger partial charge in [-0.1, -0.05) is 78.9 Å². The number of fused-ring (bicyclic) bond motifs is 1. The van der Waals surface area contributed by atoms with Crippen LogP contribution >= 0.6 is 7.26 Å². The van der Waals surface area contributed by atoms with Gasteiger partial charge in [0.25, 0.3) is 0 Å². The van der Waals surface area contributed by atoms with E-state index in [9.17, 15) is 0 Å². The summed E-state index contributed by atoms with van der Waals surface area (Å²) in [5, 5.41) is 4.42. The number of benzene rings is 4. The molecule has 1 unspecified atom stereocenters. The Kier molecular flexibility index (Phi) is 5.49. The van der Waals surface area contributed by atoms with Gasteiger partial charge in [0, 0.05) is 6.42 Å². The zero-order valence-corrected chi connectivity index (χ0v) is 18.1. The quantitative estimate of drug-likeness (QED) is 0.423. The summed E-state index contributed by atoms with van der Waals surface area (Å²) in [6.07, 6.45) is 1.16. The number of hydrogen-bond donors (Lipinski definition) is 0. The molecule has 0 aliphatic heterocycles. The van der Waals surface area contributed by atoms with Gasteiger partial charge in [-0.15, -0.1) is 0 Å². The molecule has 4 aromatic rings. The zero-order valence-electron chi connectivity index (χ0n) is 15.6. The molecule has 0 bridgehead atoms. The third kappa shape index (κ3) is 2.94. The van der Waals surface area contributed by atoms with Gasteiger partial charge in [0.2, 0.25) is 0 Å². The zero-order chi connectivity index (χ0) is 18.1. The summed E-state index contributed by atoms with van der Waals surface area (Å²) in [6, 6.07) is 42.6. The normalized spacial score (nSPS) is 15.1. The van der Waals surface area contributed by atoms with E-state index in [0.717, 1.165) is 6.42 Å². The molecule has 0 saturated carbocycles. The second kappa shape index (κ2) is 8.03. The van der Waals surface area contributed by atoms with Crippen LogP contribution in [0, 0.1) is 0 Å². The maximum absolute atomic E-state index is 2.34. The molecular weight excluding hydrogens is 423 g/mol. The van der Waals surface area contributed by atoms with Gasteiger partial charge in [-0.05, 0) is 47.5 Å². The predicted molar refractivity (Wildman–Crippen MR) is 118 cm³/mol. The number of rotatable bonds is 4. The summed E-state index contributed by atoms with van der Waals surface area (Å²) < 4.78 is 0. The molecule has 0 amide bonds. The van der Waals surface area contributed by atoms with E-state index in [-0.39, 0.29) is 17.0 Å². The first kappa shape index (κ1) is 19.1. The third-order valence-corrected chi connectivity index (χ3v) is 10.5. The monoisotopic (exact) mass is 444 g/mol. The van der Waals surface area contributed by atoms with Crippen LogP contribution in [0.15, 0.2) is 115 Å². The third-order valence-electron chi connectivity index (χ3n) is 5.79. The molecule has 0 spiro atoms. The van der Waals surface area contributed by atoms with Crippen molar-refractivity contribution in [1.82, 2.24) is 0 Å². The summed E-state index contributed by atoms with van der Waals surface area (Å²) in [5.74, 6) is 0. The Morgan fingerprint density at radius 3 is 1.32 bits per heavy atom. The Hall–Kier alpha value is -2.21. The predicted octanol–water partition coefficient (Wildman–Crippen LogP) is 2.28. The average molecular weight is 445 g/mol. The Bertz CT molecular complexity index is 949. The molecule has 0 heterocycles. The van der Waals surface area contributed by atoms with E-state index >= 15 is 0 Å². The van der Waals surface area contributed by atoms with Crippen molar-refractivity contribution in [1.29, 1.82) is 0 Å². The summed E-state index contributed by atoms with van der Waals surface area (Å²) in [7, 11) is -1.79. The molecule has 1 aliphatic rings. The van der Waals surface area contributed by atoms with E-state index < -0.39 is 7.26 Å². The highest BCUT2D eigenvalue weighted by molar-refractivity contribution is 7.96. The lowest BCUT2D eigenvalue weighted by Gasteiger charge is -2.40. The van der Waals surface area contributed by atoms with Gasteiger partial charge in [-0.2, -0.15) is 0 Å². The molecule has 2 heteroatoms. The van der Waals surface area contributed by atoms with Crippen molar-refractivity contribution in [3.05, 3.63) is 126 Å². The van der Waals surface area contributed by atoms with Gasteiger partial charge in [-0.3, -0.25) is 0 Å². The van der Waals surface area contributed by atoms with Crippen LogP contribution in [0.3, 0.4) is 0 Å². The molecule has 0 N–H and O–H groups in total. The van der Waals surface area contributed by atoms with Crippen LogP contribution in [0.4, 0.5) is 0 Å². The van der Waals surface area contributed by atoms with Crippen molar-refractivity contribution < 1.29 is 17.0 Å². The fraction of sp³-hybridized carbons (Fsp3) is 0.0769. The first-order valence-corrected chi connectivity index (χ1v) is 11.4. The highest BCUT2D eigenvalue weighted by Gasteiger charge is 2.56. The van der Waals surface area contributed by atoms with E-state index in [4.69, 9.17) is 0 Å². The molecule has 1 aliphatic carbocycles. The second-order valence-corrected chi connectivity index (χ2v) is 10.8. The van der Waals surface area contributed by atoms with Crippen molar-refractivity contribution in [2.24, 2.45) is 0 Å². The maximum atomic E-state index is 2.34. The summed E-state index contributed by atoms with van der Waals surface area (Å²) in [6.45, 7) is 0. The minimum Gasteiger partial charge on any atom is -1.00 e. The van der Waals surface area contributed by atoms with Crippen LogP contribution in [0.5, 0.6) is 0 Å². The van der Waals surface area contributed by atoms with Crippen molar-refractivity contribution in [3.8, 4) is 0 Å². The smallest absolute Gasteiger partial charge is 0.119 e. The van der Waals surface area contributed by atoms with Crippen molar-refractivity contribution >= 4 is 23.2 Å². The molecule has 28 heavy (non-hydrogen) atoms. The highest BCUT2D eigenvalue weighted by Crippen LogP contribution is 2.71. The maximum Gasteiger partial charge on any atom is 0.119 e. The van der Waals surface area contributed by atoms with Crippen LogP contribution in [0.25, 0.3) is 0 Å². The highest BCUT2D eigenvalue weighted by atomic mass is 79.9. The lowest BCUT2D eigenvalue weighted by Crippen LogP contribution is -3.00. The molecular formula is C26H22BrP. The molecule has 0 fully saturated rings. The van der Waals surface area contributed by atoms with Gasteiger partial charge in [0.05, 0.1) is 0 Å². The molecule has 1 atom stereocenters. The van der Waals surface area contributed by atoms with Gasteiger partial charge < -0.3 is 17.0 Å². The molecule has 0 aromatic heterocycles. The van der Waals surface area contributed by atoms with Crippen molar-refractivity contribution in [2.75, 3.05) is 0 Å². The van der Waals surface area contributed by atoms with Gasteiger partial charge in [0.15, 0.2) is 0 Å². The topological polar surface area (TPSA) is 0 Å². The Morgan fingerprint density at radius 1 is 0.500 bits per heavy atom. The Balaban J connectivity index is 0.00000192. The molecule has 0 saturated heterocycles. The van der Waals surface area contributed by atoms with Crippen LogP contribution in [-0.4, -0.2) is 0 Å². The van der Waals surface area contributed by atoms with Crippen molar-refractivity contribution in [2.45, 2.75) is 12.1 Å². The van der Waals surface area contributed by atoms with Crippen molar-refractivity contribution in [3.63, 3.8) is 0 Å². The number of hydrogen-bond acceptors (Lipinski definition) is 0. The minimum absolute atomic E-state index is 0. The van der Waals surface area contributed by atoms with Crippen LogP contribution in [-0.2, 0) is 6.42 Å². The van der Waals surface area contributed by atoms with Gasteiger partial charge >= 0.3 is 0 Å². The lowest BCUT2D eigenvalue weighted by atomic mass is 9.88. The van der Waals surface area contributed by atoms with Crippen LogP contribution < -0.4 is 32.9 Å². The summed E-state index contributed by atoms with van der Waals surface area (Å²) in [5.41, 5.74) is 3.58. The molecule has 0 radical (unpaired) electrons. The average Bonchev–Trinajstić information content (AvgIpc) is 2.74. The second-order valence-electron chi connectivity index (χ2n) is 7.15. The van der Waals surface area contributed by atoms with E-state index in [0.29, 0.717) is 5.66 Å². The largest absolute Gasteiger partial charge is 1.00 e. The SMILES string of the molecule is [Br-].c1ccc([P+](c2ccccc2)(c2ccccc2)C2Cc3ccccc32)cc1. The number of halogens is 1. The fourth-order valence-corrected chi connectivity index (χ4v) is 9.60. The van der Waals surface area contributed by atoms with Gasteiger partial charge in [0.1, 0.15) is 28.8 Å². The standard InChI is InChI=1S/C26H22P.BrH/c1-4-13-22(14-5-1)27(23-15-6-2-7-16-23,24-17-8-3-9-18-24)26-20-21-12-10-11-19-25(21)26;/h1-19,26H,20H2;1H/q+1;/p-1. The summed E-state index contributed by atoms with van der Waals surface area (Å²) in [4.78, 5) is 0. The fourth-order valence-electron chi connectivity index (χ4n) is 4.55. The van der Waals surface area contributed by atoms with E-state index in [1.54, 1.807) is 0 Å². The Labute approximate surface area is 178 Å². The molecule has 138 valence electrons. The van der Waals surface area contributed by atoms with E-state index in [2.05, 4.69) is 115 Å². The Morgan fingerprint density at radius 2 is 0.893 bits per heavy atom. The molecule has 5 rings (SSSR count). The van der Waals surface area contributed by atoms with E-state index in [1.165, 1.54) is 27.0 Å². The minimum atomic E-state index is -1.79. The lowest BCUT2D eigenvalue weighted by molar-refractivity contribution is -0.00000512. The van der Waals surface area contributed by atoms with Crippen LogP contribution in [0.1, 0.15) is 16.8 Å².